The van der Waals surface area contributed by atoms with E-state index in [1.165, 1.54) is 21.1 Å². The number of esters is 1. The summed E-state index contributed by atoms with van der Waals surface area (Å²) < 4.78 is 41.7. The van der Waals surface area contributed by atoms with Gasteiger partial charge in [-0.2, -0.15) is 9.40 Å². The highest BCUT2D eigenvalue weighted by Crippen LogP contribution is 2.33. The van der Waals surface area contributed by atoms with E-state index in [0.717, 1.165) is 31.7 Å². The van der Waals surface area contributed by atoms with Crippen LogP contribution in [0.25, 0.3) is 22.4 Å². The van der Waals surface area contributed by atoms with Gasteiger partial charge in [0.15, 0.2) is 5.52 Å². The van der Waals surface area contributed by atoms with Crippen LogP contribution >= 0.6 is 0 Å². The predicted octanol–water partition coefficient (Wildman–Crippen LogP) is 3.74. The summed E-state index contributed by atoms with van der Waals surface area (Å²) in [5, 5.41) is 4.48. The monoisotopic (exact) mass is 630 g/mol. The van der Waals surface area contributed by atoms with Crippen molar-refractivity contribution in [2.24, 2.45) is 13.0 Å². The summed E-state index contributed by atoms with van der Waals surface area (Å²) >= 11 is 0. The average Bonchev–Trinajstić information content (AvgIpc) is 3.34. The van der Waals surface area contributed by atoms with Gasteiger partial charge in [-0.25, -0.2) is 13.4 Å². The highest BCUT2D eigenvalue weighted by Gasteiger charge is 2.31. The number of piperidine rings is 1. The second-order valence-electron chi connectivity index (χ2n) is 11.2. The van der Waals surface area contributed by atoms with Gasteiger partial charge in [0, 0.05) is 33.1 Å². The Bertz CT molecular complexity index is 1590. The SMILES string of the molecule is CCCc1nn(C)c2c(=O)[nH]c(-c3cc(S(=O)(=O)N4CCC(CCC(=O)OCCN(CC)CC)CC4)ccc3OCC)nc12. The van der Waals surface area contributed by atoms with Crippen molar-refractivity contribution >= 4 is 27.0 Å². The molecule has 0 radical (unpaired) electrons. The number of carbonyl (C=O) groups is 1. The van der Waals surface area contributed by atoms with Crippen molar-refractivity contribution in [1.29, 1.82) is 0 Å². The van der Waals surface area contributed by atoms with Crippen molar-refractivity contribution in [1.82, 2.24) is 29.0 Å². The molecule has 0 saturated carbocycles. The number of sulfonamides is 1. The molecule has 0 atom stereocenters. The number of likely N-dealkylation sites (N-methyl/N-ethyl adjacent to an activating group) is 1. The third kappa shape index (κ3) is 7.67. The van der Waals surface area contributed by atoms with E-state index >= 15 is 0 Å². The van der Waals surface area contributed by atoms with Gasteiger partial charge in [-0.3, -0.25) is 14.3 Å². The fraction of sp³-hybridized carbons (Fsp3) is 0.613. The number of nitrogens with zero attached hydrogens (tertiary/aromatic N) is 5. The van der Waals surface area contributed by atoms with Gasteiger partial charge < -0.3 is 19.4 Å². The van der Waals surface area contributed by atoms with Crippen LogP contribution in [-0.4, -0.2) is 89.3 Å². The number of aromatic amines is 1. The molecule has 1 aliphatic rings. The number of ether oxygens (including phenoxy) is 2. The summed E-state index contributed by atoms with van der Waals surface area (Å²) in [6, 6.07) is 4.68. The molecular formula is C31H46N6O6S. The quantitative estimate of drug-likeness (QED) is 0.249. The van der Waals surface area contributed by atoms with Crippen LogP contribution in [0.5, 0.6) is 5.75 Å². The average molecular weight is 631 g/mol. The molecule has 13 heteroatoms. The Morgan fingerprint density at radius 1 is 1.14 bits per heavy atom. The molecule has 12 nitrogen and oxygen atoms in total. The number of aryl methyl sites for hydroxylation is 2. The van der Waals surface area contributed by atoms with Crippen molar-refractivity contribution in [3.8, 4) is 17.1 Å². The van der Waals surface area contributed by atoms with Gasteiger partial charge in [0.2, 0.25) is 10.0 Å². The number of rotatable bonds is 15. The number of hydrogen-bond acceptors (Lipinski definition) is 9. The molecule has 1 aliphatic heterocycles. The minimum Gasteiger partial charge on any atom is -0.493 e. The Labute approximate surface area is 259 Å². The zero-order valence-corrected chi connectivity index (χ0v) is 27.4. The molecule has 0 spiro atoms. The lowest BCUT2D eigenvalue weighted by Crippen LogP contribution is -2.38. The molecule has 3 heterocycles. The first-order valence-electron chi connectivity index (χ1n) is 15.7. The first kappa shape index (κ1) is 33.6. The predicted molar refractivity (Wildman–Crippen MR) is 169 cm³/mol. The maximum absolute atomic E-state index is 13.8. The third-order valence-corrected chi connectivity index (χ3v) is 10.2. The lowest BCUT2D eigenvalue weighted by atomic mass is 9.93. The van der Waals surface area contributed by atoms with Gasteiger partial charge in [0.1, 0.15) is 23.7 Å². The normalized spacial score (nSPS) is 14.9. The van der Waals surface area contributed by atoms with Crippen molar-refractivity contribution in [3.05, 3.63) is 34.2 Å². The summed E-state index contributed by atoms with van der Waals surface area (Å²) in [5.74, 6) is 0.714. The van der Waals surface area contributed by atoms with Gasteiger partial charge in [-0.15, -0.1) is 0 Å². The molecule has 0 unspecified atom stereocenters. The summed E-state index contributed by atoms with van der Waals surface area (Å²) in [5.41, 5.74) is 1.63. The molecular weight excluding hydrogens is 584 g/mol. The summed E-state index contributed by atoms with van der Waals surface area (Å²) in [6.45, 7) is 12.1. The number of carbonyl (C=O) groups excluding carboxylic acids is 1. The van der Waals surface area contributed by atoms with Gasteiger partial charge in [-0.1, -0.05) is 27.2 Å². The smallest absolute Gasteiger partial charge is 0.305 e. The number of aromatic nitrogens is 4. The fourth-order valence-electron chi connectivity index (χ4n) is 5.73. The van der Waals surface area contributed by atoms with Crippen LogP contribution in [0.15, 0.2) is 27.9 Å². The van der Waals surface area contributed by atoms with E-state index in [1.54, 1.807) is 13.1 Å². The van der Waals surface area contributed by atoms with Crippen molar-refractivity contribution in [2.75, 3.05) is 45.9 Å². The van der Waals surface area contributed by atoms with Crippen LogP contribution in [0.4, 0.5) is 0 Å². The molecule has 44 heavy (non-hydrogen) atoms. The van der Waals surface area contributed by atoms with Crippen LogP contribution in [0, 0.1) is 5.92 Å². The molecule has 0 amide bonds. The minimum atomic E-state index is -3.82. The Morgan fingerprint density at radius 2 is 1.86 bits per heavy atom. The largest absolute Gasteiger partial charge is 0.493 e. The molecule has 2 aromatic heterocycles. The minimum absolute atomic E-state index is 0.105. The number of H-pyrrole nitrogens is 1. The Balaban J connectivity index is 1.47. The number of benzene rings is 1. The molecule has 1 N–H and O–H groups in total. The Kier molecular flexibility index (Phi) is 11.6. The summed E-state index contributed by atoms with van der Waals surface area (Å²) in [7, 11) is -2.12. The molecule has 242 valence electrons. The molecule has 1 aromatic carbocycles. The first-order chi connectivity index (χ1) is 21.1. The zero-order chi connectivity index (χ0) is 31.9. The zero-order valence-electron chi connectivity index (χ0n) is 26.6. The Hall–Kier alpha value is -3.29. The van der Waals surface area contributed by atoms with Crippen LogP contribution in [0.2, 0.25) is 0 Å². The maximum Gasteiger partial charge on any atom is 0.305 e. The summed E-state index contributed by atoms with van der Waals surface area (Å²) in [6.07, 6.45) is 3.86. The summed E-state index contributed by atoms with van der Waals surface area (Å²) in [4.78, 5) is 35.2. The van der Waals surface area contributed by atoms with Crippen molar-refractivity contribution in [3.63, 3.8) is 0 Å². The second kappa shape index (κ2) is 15.1. The standard InChI is InChI=1S/C31H46N6O6S/c1-6-10-25-28-29(35(5)34-25)31(39)33-30(32-28)24-21-23(12-13-26(24)42-9-4)44(40,41)37-17-15-22(16-18-37)11-14-27(38)43-20-19-36(7-2)8-3/h12-13,21-22H,6-11,14-20H2,1-5H3,(H,32,33,39). The first-order valence-corrected chi connectivity index (χ1v) is 17.2. The van der Waals surface area contributed by atoms with Gasteiger partial charge in [-0.05, 0) is 69.8 Å². The van der Waals surface area contributed by atoms with E-state index in [2.05, 4.69) is 28.8 Å². The van der Waals surface area contributed by atoms with E-state index in [-0.39, 0.29) is 28.2 Å². The van der Waals surface area contributed by atoms with Crippen LogP contribution in [-0.2, 0) is 33.0 Å². The molecule has 1 saturated heterocycles. The van der Waals surface area contributed by atoms with Gasteiger partial charge in [0.25, 0.3) is 5.56 Å². The molecule has 4 rings (SSSR count). The van der Waals surface area contributed by atoms with E-state index < -0.39 is 10.0 Å². The third-order valence-electron chi connectivity index (χ3n) is 8.29. The molecule has 0 aliphatic carbocycles. The van der Waals surface area contributed by atoms with E-state index in [4.69, 9.17) is 14.5 Å². The number of nitrogens with one attached hydrogen (secondary N) is 1. The van der Waals surface area contributed by atoms with Crippen LogP contribution in [0.1, 0.15) is 65.5 Å². The highest BCUT2D eigenvalue weighted by molar-refractivity contribution is 7.89. The van der Waals surface area contributed by atoms with E-state index in [9.17, 15) is 18.0 Å². The lowest BCUT2D eigenvalue weighted by Gasteiger charge is -2.31. The Morgan fingerprint density at radius 3 is 2.52 bits per heavy atom. The van der Waals surface area contributed by atoms with Crippen molar-refractivity contribution < 1.29 is 22.7 Å². The van der Waals surface area contributed by atoms with E-state index in [0.29, 0.717) is 80.8 Å². The highest BCUT2D eigenvalue weighted by atomic mass is 32.2. The topological polar surface area (TPSA) is 140 Å². The number of hydrogen-bond donors (Lipinski definition) is 1. The van der Waals surface area contributed by atoms with Crippen molar-refractivity contribution in [2.45, 2.75) is 71.1 Å². The number of fused-ring (bicyclic) bond motifs is 1. The molecule has 3 aromatic rings. The van der Waals surface area contributed by atoms with Crippen LogP contribution < -0.4 is 10.3 Å². The van der Waals surface area contributed by atoms with Gasteiger partial charge in [0.05, 0.1) is 22.8 Å². The van der Waals surface area contributed by atoms with Crippen LogP contribution in [0.3, 0.4) is 0 Å². The fourth-order valence-corrected chi connectivity index (χ4v) is 7.22. The second-order valence-corrected chi connectivity index (χ2v) is 13.1. The van der Waals surface area contributed by atoms with E-state index in [1.807, 2.05) is 13.8 Å². The molecule has 0 bridgehead atoms. The van der Waals surface area contributed by atoms with Gasteiger partial charge >= 0.3 is 5.97 Å². The lowest BCUT2D eigenvalue weighted by molar-refractivity contribution is -0.144. The maximum atomic E-state index is 13.8. The molecule has 1 fully saturated rings.